The molecule has 0 aliphatic rings. The first kappa shape index (κ1) is 23.2. The van der Waals surface area contributed by atoms with Gasteiger partial charge in [0.05, 0.1) is 23.2 Å². The van der Waals surface area contributed by atoms with E-state index in [2.05, 4.69) is 15.3 Å². The van der Waals surface area contributed by atoms with E-state index in [9.17, 15) is 9.90 Å². The maximum absolute atomic E-state index is 11.8. The molecule has 8 nitrogen and oxygen atoms in total. The van der Waals surface area contributed by atoms with Gasteiger partial charge in [-0.1, -0.05) is 11.6 Å². The van der Waals surface area contributed by atoms with E-state index < -0.39 is 5.60 Å². The summed E-state index contributed by atoms with van der Waals surface area (Å²) in [7, 11) is 3.75. The summed E-state index contributed by atoms with van der Waals surface area (Å²) in [5.74, 6) is 0.346. The number of nitrogens with one attached hydrogen (secondary N) is 1. The van der Waals surface area contributed by atoms with E-state index in [0.717, 1.165) is 12.1 Å². The first-order chi connectivity index (χ1) is 13.7. The second kappa shape index (κ2) is 10.1. The molecule has 0 bridgehead atoms. The Balaban J connectivity index is 2.33. The summed E-state index contributed by atoms with van der Waals surface area (Å²) in [5.41, 5.74) is 1.04. The Morgan fingerprint density at radius 3 is 2.59 bits per heavy atom. The summed E-state index contributed by atoms with van der Waals surface area (Å²) >= 11 is 12.0. The smallest absolute Gasteiger partial charge is 0.224 e. The van der Waals surface area contributed by atoms with E-state index in [-0.39, 0.29) is 24.9 Å². The number of nitrogens with zero attached hydrogens (tertiary/aromatic N) is 4. The number of aromatic nitrogens is 2. The third-order valence-electron chi connectivity index (χ3n) is 4.41. The molecule has 158 valence electrons. The Labute approximate surface area is 180 Å². The van der Waals surface area contributed by atoms with Crippen LogP contribution in [0.15, 0.2) is 24.4 Å². The number of carbonyl (C=O) groups excluding carboxylic acids is 1. The van der Waals surface area contributed by atoms with Crippen molar-refractivity contribution in [1.29, 1.82) is 0 Å². The molecule has 1 amide bonds. The van der Waals surface area contributed by atoms with Crippen LogP contribution in [-0.4, -0.2) is 59.4 Å². The lowest BCUT2D eigenvalue weighted by Gasteiger charge is -2.29. The fourth-order valence-corrected chi connectivity index (χ4v) is 3.01. The summed E-state index contributed by atoms with van der Waals surface area (Å²) in [6, 6.07) is 5.48. The topological polar surface area (TPSA) is 102 Å². The molecular formula is C19H25Cl2N5O3. The highest BCUT2D eigenvalue weighted by molar-refractivity contribution is 6.33. The quantitative estimate of drug-likeness (QED) is 0.384. The summed E-state index contributed by atoms with van der Waals surface area (Å²) in [6.07, 6.45) is 2.66. The second-order valence-electron chi connectivity index (χ2n) is 7.08. The fraction of sp³-hybridized carbons (Fsp3) is 0.421. The van der Waals surface area contributed by atoms with Crippen LogP contribution in [0, 0.1) is 0 Å². The number of aliphatic hydroxyl groups is 2. The highest BCUT2D eigenvalue weighted by Crippen LogP contribution is 2.33. The lowest BCUT2D eigenvalue weighted by atomic mass is 9.98. The van der Waals surface area contributed by atoms with Gasteiger partial charge in [-0.3, -0.25) is 4.79 Å². The van der Waals surface area contributed by atoms with Crippen molar-refractivity contribution in [3.63, 3.8) is 0 Å². The third-order valence-corrected chi connectivity index (χ3v) is 4.87. The number of rotatable bonds is 10. The zero-order valence-corrected chi connectivity index (χ0v) is 18.1. The van der Waals surface area contributed by atoms with Gasteiger partial charge in [-0.05, 0) is 49.6 Å². The predicted octanol–water partition coefficient (Wildman–Crippen LogP) is 3.08. The van der Waals surface area contributed by atoms with Crippen molar-refractivity contribution in [3.05, 3.63) is 34.7 Å². The number of carbonyl (C=O) groups is 1. The number of amides is 1. The predicted molar refractivity (Wildman–Crippen MR) is 116 cm³/mol. The minimum absolute atomic E-state index is 0.0580. The molecule has 0 fully saturated rings. The molecule has 2 aromatic rings. The monoisotopic (exact) mass is 441 g/mol. The van der Waals surface area contributed by atoms with Crippen molar-refractivity contribution >= 4 is 52.5 Å². The van der Waals surface area contributed by atoms with Gasteiger partial charge in [-0.25, -0.2) is 4.98 Å². The first-order valence-corrected chi connectivity index (χ1v) is 9.74. The first-order valence-electron chi connectivity index (χ1n) is 8.98. The van der Waals surface area contributed by atoms with Crippen LogP contribution in [0.5, 0.6) is 0 Å². The molecule has 0 saturated carbocycles. The Morgan fingerprint density at radius 1 is 1.24 bits per heavy atom. The number of hydrogen-bond acceptors (Lipinski definition) is 7. The molecule has 29 heavy (non-hydrogen) atoms. The average Bonchev–Trinajstić information content (AvgIpc) is 2.65. The summed E-state index contributed by atoms with van der Waals surface area (Å²) in [4.78, 5) is 23.1. The molecular weight excluding hydrogens is 417 g/mol. The Morgan fingerprint density at radius 2 is 1.97 bits per heavy atom. The molecule has 1 aromatic heterocycles. The van der Waals surface area contributed by atoms with Crippen molar-refractivity contribution in [1.82, 2.24) is 9.97 Å². The standard InChI is InChI=1S/C19H25Cl2N5O3/c1-19(29,7-9-27)6-8-26(12-28)16-10-13(4-5-15(16)25(2)3)23-17-14(20)11-22-18(21)24-17/h4-5,10-12,27,29H,6-9H2,1-3H3,(H,22,23,24). The molecule has 1 heterocycles. The highest BCUT2D eigenvalue weighted by atomic mass is 35.5. The van der Waals surface area contributed by atoms with Gasteiger partial charge < -0.3 is 25.3 Å². The van der Waals surface area contributed by atoms with Crippen molar-refractivity contribution < 1.29 is 15.0 Å². The van der Waals surface area contributed by atoms with Crippen LogP contribution >= 0.6 is 23.2 Å². The van der Waals surface area contributed by atoms with Crippen molar-refractivity contribution in [3.8, 4) is 0 Å². The zero-order chi connectivity index (χ0) is 21.6. The van der Waals surface area contributed by atoms with Gasteiger partial charge in [0, 0.05) is 32.9 Å². The zero-order valence-electron chi connectivity index (χ0n) is 16.6. The van der Waals surface area contributed by atoms with Crippen LogP contribution in [0.25, 0.3) is 0 Å². The molecule has 0 aliphatic carbocycles. The molecule has 1 atom stereocenters. The lowest BCUT2D eigenvalue weighted by Crippen LogP contribution is -2.33. The van der Waals surface area contributed by atoms with Crippen molar-refractivity contribution in [2.45, 2.75) is 25.4 Å². The normalized spacial score (nSPS) is 12.9. The van der Waals surface area contributed by atoms with E-state index in [1.807, 2.05) is 31.1 Å². The van der Waals surface area contributed by atoms with Gasteiger partial charge in [0.15, 0.2) is 5.82 Å². The average molecular weight is 442 g/mol. The Hall–Kier alpha value is -2.13. The molecule has 1 unspecified atom stereocenters. The van der Waals surface area contributed by atoms with Gasteiger partial charge in [0.25, 0.3) is 0 Å². The van der Waals surface area contributed by atoms with E-state index in [1.54, 1.807) is 13.0 Å². The third kappa shape index (κ3) is 6.43. The molecule has 0 spiro atoms. The lowest BCUT2D eigenvalue weighted by molar-refractivity contribution is -0.107. The van der Waals surface area contributed by atoms with E-state index in [1.165, 1.54) is 11.1 Å². The minimum Gasteiger partial charge on any atom is -0.396 e. The molecule has 1 aromatic carbocycles. The molecule has 0 saturated heterocycles. The summed E-state index contributed by atoms with van der Waals surface area (Å²) < 4.78 is 0. The Bertz CT molecular complexity index is 849. The number of aliphatic hydroxyl groups excluding tert-OH is 1. The van der Waals surface area contributed by atoms with Gasteiger partial charge in [-0.2, -0.15) is 4.98 Å². The SMILES string of the molecule is CN(C)c1ccc(Nc2nc(Cl)ncc2Cl)cc1N(C=O)CCC(C)(O)CCO. The van der Waals surface area contributed by atoms with Crippen LogP contribution in [-0.2, 0) is 4.79 Å². The van der Waals surface area contributed by atoms with Gasteiger partial charge in [-0.15, -0.1) is 0 Å². The van der Waals surface area contributed by atoms with E-state index in [4.69, 9.17) is 28.3 Å². The van der Waals surface area contributed by atoms with Crippen molar-refractivity contribution in [2.24, 2.45) is 0 Å². The van der Waals surface area contributed by atoms with Crippen LogP contribution in [0.4, 0.5) is 22.9 Å². The maximum Gasteiger partial charge on any atom is 0.224 e. The van der Waals surface area contributed by atoms with Crippen LogP contribution in [0.3, 0.4) is 0 Å². The van der Waals surface area contributed by atoms with Gasteiger partial charge >= 0.3 is 0 Å². The van der Waals surface area contributed by atoms with Crippen LogP contribution in [0.1, 0.15) is 19.8 Å². The van der Waals surface area contributed by atoms with Crippen LogP contribution < -0.4 is 15.1 Å². The van der Waals surface area contributed by atoms with Gasteiger partial charge in [0.2, 0.25) is 11.7 Å². The van der Waals surface area contributed by atoms with Crippen molar-refractivity contribution in [2.75, 3.05) is 42.4 Å². The summed E-state index contributed by atoms with van der Waals surface area (Å²) in [5, 5.41) is 22.9. The molecule has 2 rings (SSSR count). The van der Waals surface area contributed by atoms with Gasteiger partial charge in [0.1, 0.15) is 5.02 Å². The largest absolute Gasteiger partial charge is 0.396 e. The Kier molecular flexibility index (Phi) is 8.04. The molecule has 10 heteroatoms. The second-order valence-corrected chi connectivity index (χ2v) is 7.82. The fourth-order valence-electron chi connectivity index (χ4n) is 2.74. The summed E-state index contributed by atoms with van der Waals surface area (Å²) in [6.45, 7) is 1.79. The minimum atomic E-state index is -1.07. The number of halogens is 2. The molecule has 0 aliphatic heterocycles. The molecule has 3 N–H and O–H groups in total. The van der Waals surface area contributed by atoms with Crippen LogP contribution in [0.2, 0.25) is 10.3 Å². The molecule has 0 radical (unpaired) electrons. The highest BCUT2D eigenvalue weighted by Gasteiger charge is 2.22. The number of benzene rings is 1. The van der Waals surface area contributed by atoms with E-state index in [0.29, 0.717) is 28.6 Å². The van der Waals surface area contributed by atoms with E-state index >= 15 is 0 Å². The number of anilines is 4. The number of hydrogen-bond donors (Lipinski definition) is 3. The maximum atomic E-state index is 11.8.